The maximum atomic E-state index is 13.5. The average molecular weight is 584 g/mol. The Bertz CT molecular complexity index is 1150. The number of nitrogens with zero attached hydrogens (tertiary/aromatic N) is 3. The number of sulfonamides is 1. The molecule has 40 heavy (non-hydrogen) atoms. The van der Waals surface area contributed by atoms with Gasteiger partial charge in [-0.3, -0.25) is 14.5 Å². The second-order valence-electron chi connectivity index (χ2n) is 10.6. The third-order valence-electron chi connectivity index (χ3n) is 8.08. The van der Waals surface area contributed by atoms with Crippen molar-refractivity contribution < 1.29 is 42.4 Å². The van der Waals surface area contributed by atoms with Crippen LogP contribution >= 0.6 is 0 Å². The van der Waals surface area contributed by atoms with Crippen LogP contribution in [0.2, 0.25) is 0 Å². The van der Waals surface area contributed by atoms with E-state index in [9.17, 15) is 28.2 Å². The molecule has 1 aromatic rings. The fraction of sp³-hybridized carbons (Fsp3) is 0.704. The fourth-order valence-electron chi connectivity index (χ4n) is 6.02. The summed E-state index contributed by atoms with van der Waals surface area (Å²) < 4.78 is 43.0. The van der Waals surface area contributed by atoms with Gasteiger partial charge in [-0.15, -0.1) is 0 Å². The van der Waals surface area contributed by atoms with E-state index in [1.807, 2.05) is 11.8 Å². The second kappa shape index (κ2) is 13.4. The van der Waals surface area contributed by atoms with Crippen molar-refractivity contribution in [1.29, 1.82) is 0 Å². The number of carboxylic acids is 1. The topological polar surface area (TPSA) is 146 Å². The largest absolute Gasteiger partial charge is 0.493 e. The van der Waals surface area contributed by atoms with Crippen LogP contribution in [0.3, 0.4) is 0 Å². The first-order valence-corrected chi connectivity index (χ1v) is 15.6. The van der Waals surface area contributed by atoms with Crippen LogP contribution in [0.25, 0.3) is 0 Å². The number of amides is 1. The Morgan fingerprint density at radius 3 is 2.62 bits per heavy atom. The summed E-state index contributed by atoms with van der Waals surface area (Å²) in [6, 6.07) is 2.97. The van der Waals surface area contributed by atoms with Crippen molar-refractivity contribution in [3.05, 3.63) is 17.7 Å². The summed E-state index contributed by atoms with van der Waals surface area (Å²) in [5.41, 5.74) is 0.699. The number of carboxylic acid groups (broad SMARTS) is 1. The summed E-state index contributed by atoms with van der Waals surface area (Å²) in [6.07, 6.45) is 3.03. The zero-order valence-corrected chi connectivity index (χ0v) is 24.1. The summed E-state index contributed by atoms with van der Waals surface area (Å²) in [4.78, 5) is 29.9. The smallest absolute Gasteiger partial charge is 0.308 e. The Morgan fingerprint density at radius 2 is 1.98 bits per heavy atom. The van der Waals surface area contributed by atoms with Crippen molar-refractivity contribution in [1.82, 2.24) is 14.1 Å². The number of carbonyl (C=O) groups excluding carboxylic acids is 1. The lowest BCUT2D eigenvalue weighted by molar-refractivity contribution is -0.144. The highest BCUT2D eigenvalue weighted by Crippen LogP contribution is 2.47. The van der Waals surface area contributed by atoms with Gasteiger partial charge in [-0.2, -0.15) is 0 Å². The van der Waals surface area contributed by atoms with Crippen LogP contribution in [0, 0.1) is 5.92 Å². The number of rotatable bonds is 14. The third kappa shape index (κ3) is 6.64. The molecule has 1 aromatic carbocycles. The van der Waals surface area contributed by atoms with E-state index < -0.39 is 33.9 Å². The molecule has 0 spiro atoms. The number of aliphatic hydroxyl groups is 1. The lowest BCUT2D eigenvalue weighted by Gasteiger charge is -2.30. The second-order valence-corrected chi connectivity index (χ2v) is 12.7. The molecule has 4 rings (SSSR count). The fourth-order valence-corrected chi connectivity index (χ4v) is 7.56. The predicted octanol–water partition coefficient (Wildman–Crippen LogP) is 1.33. The number of aliphatic hydroxyl groups excluding tert-OH is 1. The van der Waals surface area contributed by atoms with Gasteiger partial charge >= 0.3 is 5.97 Å². The van der Waals surface area contributed by atoms with E-state index in [2.05, 4.69) is 0 Å². The van der Waals surface area contributed by atoms with Crippen LogP contribution < -0.4 is 14.2 Å². The molecule has 3 heterocycles. The SMILES string of the molecule is CCCCN(CCCO)C(=O)CN1C[C@H](c2cc(OC)c3c(c2)OCO3)[C@@H](C(=O)O)[C@@H]1CCN1CCCS1(=O)=O. The van der Waals surface area contributed by atoms with E-state index in [0.29, 0.717) is 61.8 Å². The number of hydrogen-bond donors (Lipinski definition) is 2. The summed E-state index contributed by atoms with van der Waals surface area (Å²) in [6.45, 7) is 3.95. The Kier molecular flexibility index (Phi) is 10.1. The van der Waals surface area contributed by atoms with Crippen LogP contribution in [0.1, 0.15) is 50.5 Å². The van der Waals surface area contributed by atoms with Crippen molar-refractivity contribution in [2.75, 3.05) is 65.5 Å². The third-order valence-corrected chi connectivity index (χ3v) is 10.0. The molecule has 2 fully saturated rings. The molecular formula is C27H41N3O9S. The summed E-state index contributed by atoms with van der Waals surface area (Å²) in [5, 5.41) is 19.8. The maximum Gasteiger partial charge on any atom is 0.308 e. The van der Waals surface area contributed by atoms with Gasteiger partial charge in [-0.05, 0) is 43.4 Å². The lowest BCUT2D eigenvalue weighted by atomic mass is 9.84. The molecule has 1 amide bonds. The molecule has 12 nitrogen and oxygen atoms in total. The van der Waals surface area contributed by atoms with Gasteiger partial charge in [0.2, 0.25) is 28.5 Å². The number of benzene rings is 1. The van der Waals surface area contributed by atoms with Crippen molar-refractivity contribution >= 4 is 21.9 Å². The first kappa shape index (κ1) is 30.4. The molecule has 0 radical (unpaired) electrons. The molecule has 3 atom stereocenters. The minimum absolute atomic E-state index is 0.00846. The monoisotopic (exact) mass is 583 g/mol. The zero-order chi connectivity index (χ0) is 28.9. The first-order valence-electron chi connectivity index (χ1n) is 14.0. The van der Waals surface area contributed by atoms with E-state index in [-0.39, 0.29) is 44.6 Å². The van der Waals surface area contributed by atoms with E-state index in [1.165, 1.54) is 11.4 Å². The number of aliphatic carboxylic acids is 1. The van der Waals surface area contributed by atoms with E-state index >= 15 is 0 Å². The number of likely N-dealkylation sites (tertiary alicyclic amines) is 1. The molecule has 0 aromatic heterocycles. The quantitative estimate of drug-likeness (QED) is 0.329. The van der Waals surface area contributed by atoms with Crippen LogP contribution in [0.15, 0.2) is 12.1 Å². The molecule has 3 aliphatic rings. The van der Waals surface area contributed by atoms with Gasteiger partial charge in [0.15, 0.2) is 11.5 Å². The van der Waals surface area contributed by atoms with Crippen LogP contribution in [-0.4, -0.2) is 116 Å². The first-order chi connectivity index (χ1) is 19.2. The van der Waals surface area contributed by atoms with Crippen molar-refractivity contribution in [2.45, 2.75) is 51.0 Å². The van der Waals surface area contributed by atoms with Gasteiger partial charge in [0.25, 0.3) is 0 Å². The van der Waals surface area contributed by atoms with Gasteiger partial charge in [0.1, 0.15) is 0 Å². The molecule has 0 aliphatic carbocycles. The van der Waals surface area contributed by atoms with Gasteiger partial charge in [0.05, 0.1) is 25.3 Å². The van der Waals surface area contributed by atoms with E-state index in [0.717, 1.165) is 12.8 Å². The van der Waals surface area contributed by atoms with Gasteiger partial charge in [0, 0.05) is 51.3 Å². The van der Waals surface area contributed by atoms with Crippen LogP contribution in [0.5, 0.6) is 17.2 Å². The van der Waals surface area contributed by atoms with E-state index in [4.69, 9.17) is 14.2 Å². The highest BCUT2D eigenvalue weighted by molar-refractivity contribution is 7.89. The van der Waals surface area contributed by atoms with Gasteiger partial charge in [-0.25, -0.2) is 12.7 Å². The zero-order valence-electron chi connectivity index (χ0n) is 23.3. The minimum atomic E-state index is -3.35. The Hall–Kier alpha value is -2.61. The lowest BCUT2D eigenvalue weighted by Crippen LogP contribution is -2.46. The van der Waals surface area contributed by atoms with Crippen molar-refractivity contribution in [2.24, 2.45) is 5.92 Å². The van der Waals surface area contributed by atoms with E-state index in [1.54, 1.807) is 17.0 Å². The van der Waals surface area contributed by atoms with Crippen molar-refractivity contribution in [3.8, 4) is 17.2 Å². The van der Waals surface area contributed by atoms with Gasteiger partial charge < -0.3 is 29.3 Å². The van der Waals surface area contributed by atoms with Crippen LogP contribution in [-0.2, 0) is 19.6 Å². The maximum absolute atomic E-state index is 13.5. The molecule has 13 heteroatoms. The molecule has 2 N–H and O–H groups in total. The highest BCUT2D eigenvalue weighted by Gasteiger charge is 2.48. The number of ether oxygens (including phenoxy) is 3. The summed E-state index contributed by atoms with van der Waals surface area (Å²) >= 11 is 0. The molecule has 224 valence electrons. The summed E-state index contributed by atoms with van der Waals surface area (Å²) in [7, 11) is -1.85. The minimum Gasteiger partial charge on any atom is -0.493 e. The highest BCUT2D eigenvalue weighted by atomic mass is 32.2. The molecule has 3 aliphatic heterocycles. The van der Waals surface area contributed by atoms with Crippen LogP contribution in [0.4, 0.5) is 0 Å². The number of methoxy groups -OCH3 is 1. The molecule has 2 saturated heterocycles. The summed E-state index contributed by atoms with van der Waals surface area (Å²) in [5.74, 6) is -1.03. The van der Waals surface area contributed by atoms with Gasteiger partial charge in [-0.1, -0.05) is 13.3 Å². The number of hydrogen-bond acceptors (Lipinski definition) is 9. The molecule has 0 unspecified atom stereocenters. The Morgan fingerprint density at radius 1 is 1.20 bits per heavy atom. The molecule has 0 saturated carbocycles. The molecular weight excluding hydrogens is 542 g/mol. The predicted molar refractivity (Wildman–Crippen MR) is 146 cm³/mol. The number of fused-ring (bicyclic) bond motifs is 1. The average Bonchev–Trinajstić information content (AvgIpc) is 3.63. The molecule has 0 bridgehead atoms. The number of unbranched alkanes of at least 4 members (excludes halogenated alkanes) is 1. The normalized spacial score (nSPS) is 23.9. The number of carbonyl (C=O) groups is 2. The Balaban J connectivity index is 1.63. The standard InChI is InChI=1S/C27H41N3O9S/c1-3-4-8-28(9-5-12-31)24(32)17-29-16-20(19-14-22(37-2)26-23(15-19)38-18-39-26)25(27(33)34)21(29)7-11-30-10-6-13-40(30,35)36/h14-15,20-21,25,31H,3-13,16-18H2,1-2H3,(H,33,34)/t20-,21+,25-/m1/s1. The van der Waals surface area contributed by atoms with Crippen molar-refractivity contribution in [3.63, 3.8) is 0 Å². The Labute approximate surface area is 235 Å².